The first-order valence-corrected chi connectivity index (χ1v) is 8.63. The fourth-order valence-electron chi connectivity index (χ4n) is 1.96. The number of anilines is 1. The smallest absolute Gasteiger partial charge is 0.248 e. The first-order valence-electron chi connectivity index (χ1n) is 6.74. The van der Waals surface area contributed by atoms with Crippen molar-refractivity contribution < 1.29 is 18.0 Å². The van der Waals surface area contributed by atoms with Gasteiger partial charge in [-0.1, -0.05) is 12.1 Å². The van der Waals surface area contributed by atoms with Crippen molar-refractivity contribution in [2.24, 2.45) is 5.73 Å². The quantitative estimate of drug-likeness (QED) is 0.862. The first kappa shape index (κ1) is 16.7. The third-order valence-corrected chi connectivity index (χ3v) is 4.30. The summed E-state index contributed by atoms with van der Waals surface area (Å²) >= 11 is 0. The number of hydrogen-bond acceptors (Lipinski definition) is 4. The molecular weight excluding hydrogens is 316 g/mol. The molecule has 0 atom stereocenters. The molecule has 0 radical (unpaired) electrons. The average Bonchev–Trinajstić information content (AvgIpc) is 2.47. The highest BCUT2D eigenvalue weighted by molar-refractivity contribution is 7.90. The maximum Gasteiger partial charge on any atom is 0.248 e. The Balaban J connectivity index is 2.00. The fraction of sp³-hybridized carbons (Fsp3) is 0.125. The van der Waals surface area contributed by atoms with Crippen LogP contribution in [0, 0.1) is 0 Å². The van der Waals surface area contributed by atoms with Gasteiger partial charge in [-0.2, -0.15) is 0 Å². The minimum absolute atomic E-state index is 0.113. The summed E-state index contributed by atoms with van der Waals surface area (Å²) in [6.45, 7) is 0. The van der Waals surface area contributed by atoms with Crippen molar-refractivity contribution in [3.63, 3.8) is 0 Å². The standard InChI is InChI=1S/C16H16N2O4S/c1-23(21,22)14-8-2-11(3-9-14)10-15(19)18-13-6-4-12(5-7-13)16(17)20/h2-9H,10H2,1H3,(H2,17,20)(H,18,19). The topological polar surface area (TPSA) is 106 Å². The molecule has 0 saturated carbocycles. The first-order chi connectivity index (χ1) is 10.8. The highest BCUT2D eigenvalue weighted by Crippen LogP contribution is 2.13. The number of rotatable bonds is 5. The molecular formula is C16H16N2O4S. The van der Waals surface area contributed by atoms with Crippen LogP contribution in [-0.4, -0.2) is 26.5 Å². The number of sulfone groups is 1. The SMILES string of the molecule is CS(=O)(=O)c1ccc(CC(=O)Nc2ccc(C(N)=O)cc2)cc1. The number of primary amides is 1. The van der Waals surface area contributed by atoms with E-state index in [0.717, 1.165) is 6.26 Å². The molecule has 0 unspecified atom stereocenters. The van der Waals surface area contributed by atoms with Crippen molar-refractivity contribution in [2.45, 2.75) is 11.3 Å². The summed E-state index contributed by atoms with van der Waals surface area (Å²) in [6.07, 6.45) is 1.24. The zero-order chi connectivity index (χ0) is 17.0. The fourth-order valence-corrected chi connectivity index (χ4v) is 2.59. The van der Waals surface area contributed by atoms with Crippen LogP contribution < -0.4 is 11.1 Å². The van der Waals surface area contributed by atoms with E-state index in [1.165, 1.54) is 24.3 Å². The van der Waals surface area contributed by atoms with Gasteiger partial charge in [0.1, 0.15) is 0 Å². The summed E-state index contributed by atoms with van der Waals surface area (Å²) in [5.41, 5.74) is 6.75. The zero-order valence-corrected chi connectivity index (χ0v) is 13.3. The molecule has 0 aliphatic carbocycles. The molecule has 0 spiro atoms. The minimum atomic E-state index is -3.25. The molecule has 0 aliphatic heterocycles. The van der Waals surface area contributed by atoms with Crippen LogP contribution in [0.15, 0.2) is 53.4 Å². The molecule has 0 aromatic heterocycles. The number of hydrogen-bond donors (Lipinski definition) is 2. The van der Waals surface area contributed by atoms with E-state index in [1.807, 2.05) is 0 Å². The van der Waals surface area contributed by atoms with Crippen molar-refractivity contribution >= 4 is 27.3 Å². The third-order valence-electron chi connectivity index (χ3n) is 3.17. The second-order valence-electron chi connectivity index (χ2n) is 5.08. The number of amides is 2. The van der Waals surface area contributed by atoms with E-state index in [2.05, 4.69) is 5.32 Å². The maximum atomic E-state index is 12.0. The van der Waals surface area contributed by atoms with Gasteiger partial charge in [0.2, 0.25) is 11.8 Å². The number of nitrogens with two attached hydrogens (primary N) is 1. The molecule has 2 rings (SSSR count). The van der Waals surface area contributed by atoms with Crippen LogP contribution in [0.1, 0.15) is 15.9 Å². The van der Waals surface area contributed by atoms with E-state index in [1.54, 1.807) is 24.3 Å². The van der Waals surface area contributed by atoms with E-state index >= 15 is 0 Å². The van der Waals surface area contributed by atoms with Gasteiger partial charge in [0.05, 0.1) is 11.3 Å². The molecule has 2 amide bonds. The van der Waals surface area contributed by atoms with Crippen molar-refractivity contribution in [1.29, 1.82) is 0 Å². The largest absolute Gasteiger partial charge is 0.366 e. The van der Waals surface area contributed by atoms with E-state index in [4.69, 9.17) is 5.73 Å². The van der Waals surface area contributed by atoms with E-state index in [0.29, 0.717) is 16.8 Å². The summed E-state index contributed by atoms with van der Waals surface area (Å²) < 4.78 is 22.7. The Labute approximate surface area is 134 Å². The molecule has 0 aliphatic rings. The number of carbonyl (C=O) groups is 2. The average molecular weight is 332 g/mol. The van der Waals surface area contributed by atoms with Gasteiger partial charge < -0.3 is 11.1 Å². The summed E-state index contributed by atoms with van der Waals surface area (Å²) in [6, 6.07) is 12.4. The van der Waals surface area contributed by atoms with Crippen LogP contribution >= 0.6 is 0 Å². The van der Waals surface area contributed by atoms with Crippen LogP contribution in [-0.2, 0) is 21.1 Å². The minimum Gasteiger partial charge on any atom is -0.366 e. The normalized spacial score (nSPS) is 11.0. The van der Waals surface area contributed by atoms with Gasteiger partial charge in [-0.15, -0.1) is 0 Å². The Kier molecular flexibility index (Phi) is 4.80. The Hall–Kier alpha value is -2.67. The highest BCUT2D eigenvalue weighted by atomic mass is 32.2. The van der Waals surface area contributed by atoms with E-state index in [-0.39, 0.29) is 17.2 Å². The molecule has 0 saturated heterocycles. The van der Waals surface area contributed by atoms with Crippen LogP contribution in [0.5, 0.6) is 0 Å². The molecule has 120 valence electrons. The number of benzene rings is 2. The van der Waals surface area contributed by atoms with Gasteiger partial charge in [0, 0.05) is 17.5 Å². The van der Waals surface area contributed by atoms with E-state index in [9.17, 15) is 18.0 Å². The lowest BCUT2D eigenvalue weighted by Crippen LogP contribution is -2.15. The van der Waals surface area contributed by atoms with Crippen molar-refractivity contribution in [3.8, 4) is 0 Å². The lowest BCUT2D eigenvalue weighted by Gasteiger charge is -2.06. The molecule has 0 bridgehead atoms. The van der Waals surface area contributed by atoms with Crippen molar-refractivity contribution in [1.82, 2.24) is 0 Å². The van der Waals surface area contributed by atoms with E-state index < -0.39 is 15.7 Å². The second-order valence-corrected chi connectivity index (χ2v) is 7.10. The number of nitrogens with one attached hydrogen (secondary N) is 1. The van der Waals surface area contributed by atoms with Crippen LogP contribution in [0.25, 0.3) is 0 Å². The Morgan fingerprint density at radius 3 is 2.04 bits per heavy atom. The summed E-state index contributed by atoms with van der Waals surface area (Å²) in [7, 11) is -3.25. The summed E-state index contributed by atoms with van der Waals surface area (Å²) in [4.78, 5) is 23.1. The molecule has 6 nitrogen and oxygen atoms in total. The monoisotopic (exact) mass is 332 g/mol. The molecule has 0 heterocycles. The van der Waals surface area contributed by atoms with Gasteiger partial charge in [0.15, 0.2) is 9.84 Å². The zero-order valence-electron chi connectivity index (χ0n) is 12.4. The van der Waals surface area contributed by atoms with Crippen LogP contribution in [0.4, 0.5) is 5.69 Å². The lowest BCUT2D eigenvalue weighted by atomic mass is 10.1. The highest BCUT2D eigenvalue weighted by Gasteiger charge is 2.09. The predicted molar refractivity (Wildman–Crippen MR) is 86.8 cm³/mol. The van der Waals surface area contributed by atoms with Gasteiger partial charge in [-0.05, 0) is 42.0 Å². The van der Waals surface area contributed by atoms with Crippen LogP contribution in [0.2, 0.25) is 0 Å². The van der Waals surface area contributed by atoms with Gasteiger partial charge >= 0.3 is 0 Å². The molecule has 3 N–H and O–H groups in total. The summed E-state index contributed by atoms with van der Waals surface area (Å²) in [5, 5.41) is 2.69. The van der Waals surface area contributed by atoms with Gasteiger partial charge in [-0.3, -0.25) is 9.59 Å². The predicted octanol–water partition coefficient (Wildman–Crippen LogP) is 1.37. The summed E-state index contributed by atoms with van der Waals surface area (Å²) in [5.74, 6) is -0.780. The molecule has 2 aromatic rings. The lowest BCUT2D eigenvalue weighted by molar-refractivity contribution is -0.115. The van der Waals surface area contributed by atoms with Gasteiger partial charge in [-0.25, -0.2) is 8.42 Å². The molecule has 0 fully saturated rings. The Bertz CT molecular complexity index is 825. The molecule has 7 heteroatoms. The number of carbonyl (C=O) groups excluding carboxylic acids is 2. The van der Waals surface area contributed by atoms with Crippen LogP contribution in [0.3, 0.4) is 0 Å². The Morgan fingerprint density at radius 2 is 1.57 bits per heavy atom. The van der Waals surface area contributed by atoms with Crippen molar-refractivity contribution in [3.05, 3.63) is 59.7 Å². The van der Waals surface area contributed by atoms with Gasteiger partial charge in [0.25, 0.3) is 0 Å². The third kappa shape index (κ3) is 4.65. The molecule has 2 aromatic carbocycles. The Morgan fingerprint density at radius 1 is 1.00 bits per heavy atom. The second kappa shape index (κ2) is 6.62. The maximum absolute atomic E-state index is 12.0. The van der Waals surface area contributed by atoms with Crippen molar-refractivity contribution in [2.75, 3.05) is 11.6 Å². The molecule has 23 heavy (non-hydrogen) atoms.